The maximum Gasteiger partial charge on any atom is 0.131 e. The molecule has 1 aromatic heterocycles. The highest BCUT2D eigenvalue weighted by molar-refractivity contribution is 7.09. The summed E-state index contributed by atoms with van der Waals surface area (Å²) in [5.74, 6) is 1.06. The van der Waals surface area contributed by atoms with Crippen molar-refractivity contribution in [3.63, 3.8) is 0 Å². The molecule has 0 atom stereocenters. The molecule has 0 unspecified atom stereocenters. The van der Waals surface area contributed by atoms with Gasteiger partial charge in [0.15, 0.2) is 0 Å². The van der Waals surface area contributed by atoms with Gasteiger partial charge >= 0.3 is 0 Å². The minimum Gasteiger partial charge on any atom is -0.487 e. The topological polar surface area (TPSA) is 22.1 Å². The van der Waals surface area contributed by atoms with E-state index in [0.29, 0.717) is 17.5 Å². The lowest BCUT2D eigenvalue weighted by molar-refractivity contribution is 0.299. The molecule has 1 aromatic carbocycles. The van der Waals surface area contributed by atoms with E-state index in [9.17, 15) is 0 Å². The summed E-state index contributed by atoms with van der Waals surface area (Å²) >= 11 is 13.5. The third-order valence-corrected chi connectivity index (χ3v) is 3.70. The molecule has 0 N–H and O–H groups in total. The zero-order valence-electron chi connectivity index (χ0n) is 9.24. The molecule has 0 fully saturated rings. The van der Waals surface area contributed by atoms with Crippen molar-refractivity contribution in [3.05, 3.63) is 44.9 Å². The van der Waals surface area contributed by atoms with Crippen LogP contribution in [0, 0.1) is 6.92 Å². The number of ether oxygens (including phenoxy) is 1. The van der Waals surface area contributed by atoms with Crippen LogP contribution in [0.25, 0.3) is 0 Å². The van der Waals surface area contributed by atoms with Crippen molar-refractivity contribution in [2.45, 2.75) is 19.4 Å². The number of hydrogen-bond donors (Lipinski definition) is 0. The van der Waals surface area contributed by atoms with E-state index in [1.165, 1.54) is 0 Å². The van der Waals surface area contributed by atoms with Gasteiger partial charge in [0, 0.05) is 16.0 Å². The third-order valence-electron chi connectivity index (χ3n) is 2.25. The summed E-state index contributed by atoms with van der Waals surface area (Å²) in [4.78, 5) is 4.33. The largest absolute Gasteiger partial charge is 0.487 e. The van der Waals surface area contributed by atoms with Gasteiger partial charge < -0.3 is 4.74 Å². The van der Waals surface area contributed by atoms with E-state index in [1.54, 1.807) is 17.4 Å². The Hall–Kier alpha value is -0.770. The van der Waals surface area contributed by atoms with Gasteiger partial charge in [-0.25, -0.2) is 4.98 Å². The highest BCUT2D eigenvalue weighted by atomic mass is 35.5. The van der Waals surface area contributed by atoms with Crippen LogP contribution in [-0.4, -0.2) is 4.98 Å². The van der Waals surface area contributed by atoms with Crippen LogP contribution in [-0.2, 0) is 12.5 Å². The average molecular weight is 288 g/mol. The first-order chi connectivity index (χ1) is 8.20. The molecule has 1 heterocycles. The monoisotopic (exact) mass is 287 g/mol. The second-order valence-corrected chi connectivity index (χ2v) is 5.23. The van der Waals surface area contributed by atoms with E-state index in [0.717, 1.165) is 22.0 Å². The van der Waals surface area contributed by atoms with Gasteiger partial charge in [0.2, 0.25) is 0 Å². The second kappa shape index (κ2) is 5.71. The highest BCUT2D eigenvalue weighted by Gasteiger charge is 2.08. The van der Waals surface area contributed by atoms with Crippen LogP contribution in [0.2, 0.25) is 5.02 Å². The molecule has 0 saturated carbocycles. The fourth-order valence-electron chi connectivity index (χ4n) is 1.43. The van der Waals surface area contributed by atoms with Gasteiger partial charge in [-0.3, -0.25) is 0 Å². The number of nitrogens with zero attached hydrogens (tertiary/aromatic N) is 1. The molecule has 0 amide bonds. The Morgan fingerprint density at radius 2 is 2.24 bits per heavy atom. The van der Waals surface area contributed by atoms with Crippen molar-refractivity contribution in [2.24, 2.45) is 0 Å². The molecule has 0 aliphatic carbocycles. The molecular formula is C12H11Cl2NOS. The SMILES string of the molecule is Cc1nc(COc2cccc(Cl)c2CCl)cs1. The molecule has 5 heteroatoms. The van der Waals surface area contributed by atoms with Crippen molar-refractivity contribution in [3.8, 4) is 5.75 Å². The number of aromatic nitrogens is 1. The van der Waals surface area contributed by atoms with Crippen LogP contribution in [0.4, 0.5) is 0 Å². The lowest BCUT2D eigenvalue weighted by Crippen LogP contribution is -1.98. The number of aryl methyl sites for hydroxylation is 1. The summed E-state index contributed by atoms with van der Waals surface area (Å²) in [7, 11) is 0. The predicted octanol–water partition coefficient (Wildman–Crippen LogP) is 4.42. The Kier molecular flexibility index (Phi) is 4.26. The Balaban J connectivity index is 2.11. The number of benzene rings is 1. The molecule has 0 bridgehead atoms. The van der Waals surface area contributed by atoms with Gasteiger partial charge in [-0.05, 0) is 19.1 Å². The van der Waals surface area contributed by atoms with Gasteiger partial charge in [0.05, 0.1) is 16.6 Å². The van der Waals surface area contributed by atoms with Gasteiger partial charge in [-0.15, -0.1) is 22.9 Å². The normalized spacial score (nSPS) is 10.5. The van der Waals surface area contributed by atoms with Crippen LogP contribution in [0.1, 0.15) is 16.3 Å². The molecule has 2 nitrogen and oxygen atoms in total. The van der Waals surface area contributed by atoms with E-state index in [-0.39, 0.29) is 0 Å². The molecule has 0 saturated heterocycles. The van der Waals surface area contributed by atoms with E-state index in [2.05, 4.69) is 4.98 Å². The predicted molar refractivity (Wildman–Crippen MR) is 72.2 cm³/mol. The number of halogens is 2. The molecule has 90 valence electrons. The van der Waals surface area contributed by atoms with Gasteiger partial charge in [0.25, 0.3) is 0 Å². The summed E-state index contributed by atoms with van der Waals surface area (Å²) < 4.78 is 5.68. The van der Waals surface area contributed by atoms with Crippen molar-refractivity contribution in [1.82, 2.24) is 4.98 Å². The molecule has 0 radical (unpaired) electrons. The summed E-state index contributed by atoms with van der Waals surface area (Å²) in [6, 6.07) is 5.52. The minimum absolute atomic E-state index is 0.338. The quantitative estimate of drug-likeness (QED) is 0.777. The van der Waals surface area contributed by atoms with Crippen LogP contribution in [0.15, 0.2) is 23.6 Å². The molecule has 17 heavy (non-hydrogen) atoms. The maximum atomic E-state index is 6.04. The van der Waals surface area contributed by atoms with Crippen LogP contribution >= 0.6 is 34.5 Å². The minimum atomic E-state index is 0.338. The Bertz CT molecular complexity index is 513. The van der Waals surface area contributed by atoms with Crippen LogP contribution in [0.3, 0.4) is 0 Å². The maximum absolute atomic E-state index is 6.04. The summed E-state index contributed by atoms with van der Waals surface area (Å²) in [5, 5.41) is 3.65. The average Bonchev–Trinajstić information content (AvgIpc) is 2.72. The fraction of sp³-hybridized carbons (Fsp3) is 0.250. The van der Waals surface area contributed by atoms with Gasteiger partial charge in [-0.1, -0.05) is 17.7 Å². The van der Waals surface area contributed by atoms with E-state index in [1.807, 2.05) is 24.4 Å². The summed E-state index contributed by atoms with van der Waals surface area (Å²) in [6.07, 6.45) is 0. The first-order valence-corrected chi connectivity index (χ1v) is 6.87. The first kappa shape index (κ1) is 12.7. The molecule has 2 aromatic rings. The first-order valence-electron chi connectivity index (χ1n) is 5.08. The van der Waals surface area contributed by atoms with Crippen LogP contribution in [0.5, 0.6) is 5.75 Å². The zero-order valence-corrected chi connectivity index (χ0v) is 11.6. The number of hydrogen-bond acceptors (Lipinski definition) is 3. The molecule has 0 spiro atoms. The lowest BCUT2D eigenvalue weighted by atomic mass is 10.2. The highest BCUT2D eigenvalue weighted by Crippen LogP contribution is 2.28. The van der Waals surface area contributed by atoms with Crippen molar-refractivity contribution < 1.29 is 4.74 Å². The number of alkyl halides is 1. The van der Waals surface area contributed by atoms with Crippen molar-refractivity contribution >= 4 is 34.5 Å². The van der Waals surface area contributed by atoms with E-state index in [4.69, 9.17) is 27.9 Å². The van der Waals surface area contributed by atoms with Gasteiger partial charge in [0.1, 0.15) is 12.4 Å². The molecular weight excluding hydrogens is 277 g/mol. The standard InChI is InChI=1S/C12H11Cl2NOS/c1-8-15-9(7-17-8)6-16-12-4-2-3-11(14)10(12)5-13/h2-4,7H,5-6H2,1H3. The Labute approximate surface area is 114 Å². The summed E-state index contributed by atoms with van der Waals surface area (Å²) in [6.45, 7) is 2.41. The number of thiazole rings is 1. The lowest BCUT2D eigenvalue weighted by Gasteiger charge is -2.09. The third kappa shape index (κ3) is 3.12. The molecule has 0 aliphatic heterocycles. The van der Waals surface area contributed by atoms with Crippen molar-refractivity contribution in [1.29, 1.82) is 0 Å². The number of rotatable bonds is 4. The molecule has 2 rings (SSSR count). The molecule has 0 aliphatic rings. The zero-order chi connectivity index (χ0) is 12.3. The van der Waals surface area contributed by atoms with Crippen LogP contribution < -0.4 is 4.74 Å². The second-order valence-electron chi connectivity index (χ2n) is 3.50. The van der Waals surface area contributed by atoms with Gasteiger partial charge in [-0.2, -0.15) is 0 Å². The summed E-state index contributed by atoms with van der Waals surface area (Å²) in [5.41, 5.74) is 1.75. The van der Waals surface area contributed by atoms with Crippen molar-refractivity contribution in [2.75, 3.05) is 0 Å². The Morgan fingerprint density at radius 1 is 1.41 bits per heavy atom. The fourth-order valence-corrected chi connectivity index (χ4v) is 2.60. The van der Waals surface area contributed by atoms with E-state index >= 15 is 0 Å². The van der Waals surface area contributed by atoms with E-state index < -0.39 is 0 Å². The smallest absolute Gasteiger partial charge is 0.131 e. The Morgan fingerprint density at radius 3 is 2.88 bits per heavy atom.